The zero-order chi connectivity index (χ0) is 21.7. The molecule has 0 atom stereocenters. The van der Waals surface area contributed by atoms with E-state index in [1.165, 1.54) is 0 Å². The van der Waals surface area contributed by atoms with Crippen LogP contribution in [0.2, 0.25) is 0 Å². The van der Waals surface area contributed by atoms with E-state index in [0.29, 0.717) is 26.1 Å². The SMILES string of the molecule is CN=CCCN(CCCCN(C)C(=O)OC(C)(C)C)C(=O)OCc1ccccc1. The Morgan fingerprint density at radius 1 is 1.03 bits per heavy atom. The van der Waals surface area contributed by atoms with Crippen LogP contribution in [0.3, 0.4) is 0 Å². The van der Waals surface area contributed by atoms with E-state index in [1.54, 1.807) is 30.1 Å². The summed E-state index contributed by atoms with van der Waals surface area (Å²) in [5.41, 5.74) is 0.445. The highest BCUT2D eigenvalue weighted by molar-refractivity contribution is 5.68. The number of benzene rings is 1. The van der Waals surface area contributed by atoms with Gasteiger partial charge < -0.3 is 24.3 Å². The Balaban J connectivity index is 2.44. The van der Waals surface area contributed by atoms with Gasteiger partial charge in [0.05, 0.1) is 0 Å². The van der Waals surface area contributed by atoms with Crippen molar-refractivity contribution < 1.29 is 19.1 Å². The molecule has 0 heterocycles. The van der Waals surface area contributed by atoms with Crippen LogP contribution in [0, 0.1) is 0 Å². The first-order chi connectivity index (χ1) is 13.7. The summed E-state index contributed by atoms with van der Waals surface area (Å²) < 4.78 is 10.8. The Labute approximate surface area is 174 Å². The third-order valence-electron chi connectivity index (χ3n) is 4.05. The molecule has 0 spiro atoms. The van der Waals surface area contributed by atoms with Crippen LogP contribution < -0.4 is 0 Å². The maximum Gasteiger partial charge on any atom is 0.410 e. The fraction of sp³-hybridized carbons (Fsp3) is 0.591. The second-order valence-electron chi connectivity index (χ2n) is 7.87. The molecule has 7 heteroatoms. The lowest BCUT2D eigenvalue weighted by Crippen LogP contribution is -2.36. The number of hydrogen-bond acceptors (Lipinski definition) is 5. The number of carbonyl (C=O) groups excluding carboxylic acids is 2. The number of hydrogen-bond donors (Lipinski definition) is 0. The number of unbranched alkanes of at least 4 members (excludes halogenated alkanes) is 1. The van der Waals surface area contributed by atoms with Gasteiger partial charge in [0.1, 0.15) is 12.2 Å². The van der Waals surface area contributed by atoms with Gasteiger partial charge in [-0.2, -0.15) is 0 Å². The molecular formula is C22H35N3O4. The van der Waals surface area contributed by atoms with Crippen LogP contribution in [0.25, 0.3) is 0 Å². The van der Waals surface area contributed by atoms with E-state index in [1.807, 2.05) is 51.1 Å². The Morgan fingerprint density at radius 3 is 2.31 bits per heavy atom. The van der Waals surface area contributed by atoms with E-state index >= 15 is 0 Å². The van der Waals surface area contributed by atoms with Crippen LogP contribution in [-0.2, 0) is 16.1 Å². The number of amides is 2. The predicted octanol–water partition coefficient (Wildman–Crippen LogP) is 4.36. The molecule has 162 valence electrons. The summed E-state index contributed by atoms with van der Waals surface area (Å²) in [7, 11) is 3.43. The van der Waals surface area contributed by atoms with Crippen LogP contribution in [0.4, 0.5) is 9.59 Å². The first-order valence-corrected chi connectivity index (χ1v) is 10.0. The fourth-order valence-corrected chi connectivity index (χ4v) is 2.53. The van der Waals surface area contributed by atoms with Gasteiger partial charge in [0.2, 0.25) is 0 Å². The van der Waals surface area contributed by atoms with Crippen molar-refractivity contribution in [2.24, 2.45) is 4.99 Å². The van der Waals surface area contributed by atoms with Gasteiger partial charge in [0, 0.05) is 46.4 Å². The molecule has 0 fully saturated rings. The first kappa shape index (κ1) is 24.5. The highest BCUT2D eigenvalue weighted by atomic mass is 16.6. The van der Waals surface area contributed by atoms with Crippen molar-refractivity contribution in [1.82, 2.24) is 9.80 Å². The molecule has 0 aliphatic carbocycles. The van der Waals surface area contributed by atoms with Crippen molar-refractivity contribution in [3.8, 4) is 0 Å². The molecule has 0 saturated carbocycles. The molecule has 1 aromatic rings. The van der Waals surface area contributed by atoms with Gasteiger partial charge in [-0.25, -0.2) is 9.59 Å². The average Bonchev–Trinajstić information content (AvgIpc) is 2.67. The van der Waals surface area contributed by atoms with Gasteiger partial charge in [-0.05, 0) is 39.2 Å². The van der Waals surface area contributed by atoms with Gasteiger partial charge in [-0.3, -0.25) is 0 Å². The maximum atomic E-state index is 12.5. The molecule has 0 aliphatic heterocycles. The number of aliphatic imine (C=N–C) groups is 1. The summed E-state index contributed by atoms with van der Waals surface area (Å²) in [6.45, 7) is 7.46. The van der Waals surface area contributed by atoms with E-state index in [4.69, 9.17) is 9.47 Å². The Hall–Kier alpha value is -2.57. The zero-order valence-corrected chi connectivity index (χ0v) is 18.4. The van der Waals surface area contributed by atoms with E-state index in [2.05, 4.69) is 4.99 Å². The molecule has 0 saturated heterocycles. The van der Waals surface area contributed by atoms with Crippen LogP contribution in [-0.4, -0.2) is 67.5 Å². The largest absolute Gasteiger partial charge is 0.445 e. The molecule has 1 rings (SSSR count). The fourth-order valence-electron chi connectivity index (χ4n) is 2.53. The molecule has 0 aliphatic rings. The number of ether oxygens (including phenoxy) is 2. The standard InChI is InChI=1S/C22H35N3O4/c1-22(2,3)29-20(26)24(5)15-9-10-16-25(17-11-14-23-4)21(27)28-18-19-12-7-6-8-13-19/h6-8,12-14H,9-11,15-18H2,1-5H3. The molecular weight excluding hydrogens is 370 g/mol. The summed E-state index contributed by atoms with van der Waals surface area (Å²) in [5, 5.41) is 0. The van der Waals surface area contributed by atoms with Gasteiger partial charge in [0.15, 0.2) is 0 Å². The minimum absolute atomic E-state index is 0.249. The Morgan fingerprint density at radius 2 is 1.69 bits per heavy atom. The van der Waals surface area contributed by atoms with Gasteiger partial charge >= 0.3 is 12.2 Å². The van der Waals surface area contributed by atoms with E-state index < -0.39 is 5.60 Å². The highest BCUT2D eigenvalue weighted by Gasteiger charge is 2.19. The van der Waals surface area contributed by atoms with Crippen molar-refractivity contribution in [3.63, 3.8) is 0 Å². The molecule has 0 N–H and O–H groups in total. The number of nitrogens with zero attached hydrogens (tertiary/aromatic N) is 3. The van der Waals surface area contributed by atoms with E-state index in [0.717, 1.165) is 18.4 Å². The molecule has 0 unspecified atom stereocenters. The zero-order valence-electron chi connectivity index (χ0n) is 18.4. The van der Waals surface area contributed by atoms with E-state index in [-0.39, 0.29) is 18.8 Å². The van der Waals surface area contributed by atoms with Crippen LogP contribution >= 0.6 is 0 Å². The summed E-state index contributed by atoms with van der Waals surface area (Å²) in [6.07, 6.45) is 3.31. The lowest BCUT2D eigenvalue weighted by atomic mass is 10.2. The summed E-state index contributed by atoms with van der Waals surface area (Å²) in [4.78, 5) is 31.7. The second-order valence-corrected chi connectivity index (χ2v) is 7.87. The minimum atomic E-state index is -0.508. The topological polar surface area (TPSA) is 71.4 Å². The molecule has 29 heavy (non-hydrogen) atoms. The van der Waals surface area contributed by atoms with Gasteiger partial charge in [0.25, 0.3) is 0 Å². The van der Waals surface area contributed by atoms with Crippen LogP contribution in [0.15, 0.2) is 35.3 Å². The van der Waals surface area contributed by atoms with E-state index in [9.17, 15) is 9.59 Å². The molecule has 0 radical (unpaired) electrons. The maximum absolute atomic E-state index is 12.5. The normalized spacial score (nSPS) is 11.3. The average molecular weight is 406 g/mol. The van der Waals surface area contributed by atoms with Crippen molar-refractivity contribution in [2.75, 3.05) is 33.7 Å². The van der Waals surface area contributed by atoms with Crippen LogP contribution in [0.1, 0.15) is 45.6 Å². The van der Waals surface area contributed by atoms with Crippen molar-refractivity contribution in [2.45, 2.75) is 52.2 Å². The molecule has 0 aromatic heterocycles. The molecule has 7 nitrogen and oxygen atoms in total. The van der Waals surface area contributed by atoms with Crippen molar-refractivity contribution >= 4 is 18.4 Å². The summed E-state index contributed by atoms with van der Waals surface area (Å²) in [5.74, 6) is 0. The molecule has 0 bridgehead atoms. The third kappa shape index (κ3) is 11.1. The minimum Gasteiger partial charge on any atom is -0.445 e. The predicted molar refractivity (Wildman–Crippen MR) is 115 cm³/mol. The molecule has 1 aromatic carbocycles. The molecule has 2 amide bonds. The van der Waals surface area contributed by atoms with Crippen molar-refractivity contribution in [3.05, 3.63) is 35.9 Å². The summed E-state index contributed by atoms with van der Waals surface area (Å²) in [6, 6.07) is 9.61. The lowest BCUT2D eigenvalue weighted by Gasteiger charge is -2.25. The van der Waals surface area contributed by atoms with Crippen LogP contribution in [0.5, 0.6) is 0 Å². The highest BCUT2D eigenvalue weighted by Crippen LogP contribution is 2.10. The van der Waals surface area contributed by atoms with Gasteiger partial charge in [-0.15, -0.1) is 0 Å². The monoisotopic (exact) mass is 405 g/mol. The summed E-state index contributed by atoms with van der Waals surface area (Å²) >= 11 is 0. The second kappa shape index (κ2) is 12.8. The third-order valence-corrected chi connectivity index (χ3v) is 4.05. The smallest absolute Gasteiger partial charge is 0.410 e. The Bertz CT molecular complexity index is 641. The number of carbonyl (C=O) groups is 2. The van der Waals surface area contributed by atoms with Gasteiger partial charge in [-0.1, -0.05) is 30.3 Å². The first-order valence-electron chi connectivity index (χ1n) is 10.0. The lowest BCUT2D eigenvalue weighted by molar-refractivity contribution is 0.0294. The van der Waals surface area contributed by atoms with Crippen molar-refractivity contribution in [1.29, 1.82) is 0 Å². The number of rotatable bonds is 10. The Kier molecular flexibility index (Phi) is 10.8. The quantitative estimate of drug-likeness (QED) is 0.428.